The van der Waals surface area contributed by atoms with E-state index in [9.17, 15) is 18.4 Å². The first kappa shape index (κ1) is 19.2. The lowest BCUT2D eigenvalue weighted by atomic mass is 9.89. The van der Waals surface area contributed by atoms with Crippen LogP contribution in [-0.4, -0.2) is 12.1 Å². The number of aryl methyl sites for hydroxylation is 1. The van der Waals surface area contributed by atoms with Gasteiger partial charge in [0.15, 0.2) is 0 Å². The molecule has 0 aliphatic heterocycles. The van der Waals surface area contributed by atoms with Crippen LogP contribution in [0, 0.1) is 18.3 Å². The Morgan fingerprint density at radius 3 is 2.25 bits per heavy atom. The second kappa shape index (κ2) is 7.24. The third-order valence-corrected chi connectivity index (χ3v) is 4.40. The minimum Gasteiger partial charge on any atom is -0.496 e. The number of alkyl halides is 3. The fourth-order valence-corrected chi connectivity index (χ4v) is 3.13. The lowest BCUT2D eigenvalue weighted by molar-refractivity contribution is -0.137. The Hall–Kier alpha value is -3.53. The second-order valence-electron chi connectivity index (χ2n) is 6.09. The van der Waals surface area contributed by atoms with Crippen molar-refractivity contribution < 1.29 is 17.9 Å². The number of aromatic nitrogens is 1. The van der Waals surface area contributed by atoms with Crippen LogP contribution in [0.1, 0.15) is 16.8 Å². The van der Waals surface area contributed by atoms with Crippen molar-refractivity contribution in [3.05, 3.63) is 65.4 Å². The Morgan fingerprint density at radius 1 is 1.04 bits per heavy atom. The molecule has 142 valence electrons. The number of nitrogens with zero attached hydrogens (tertiary/aromatic N) is 2. The molecule has 0 bridgehead atoms. The summed E-state index contributed by atoms with van der Waals surface area (Å²) in [7, 11) is 1.52. The second-order valence-corrected chi connectivity index (χ2v) is 6.09. The Labute approximate surface area is 160 Å². The van der Waals surface area contributed by atoms with Crippen LogP contribution in [0.2, 0.25) is 0 Å². The number of methoxy groups -OCH3 is 1. The molecular formula is C21H16F3N3O. The molecule has 4 nitrogen and oxygen atoms in total. The van der Waals surface area contributed by atoms with Gasteiger partial charge < -0.3 is 10.5 Å². The Morgan fingerprint density at radius 2 is 1.68 bits per heavy atom. The van der Waals surface area contributed by atoms with E-state index in [-0.39, 0.29) is 11.4 Å². The highest BCUT2D eigenvalue weighted by Gasteiger charge is 2.30. The Balaban J connectivity index is 2.35. The number of nitriles is 1. The zero-order valence-electron chi connectivity index (χ0n) is 15.1. The van der Waals surface area contributed by atoms with Crippen LogP contribution >= 0.6 is 0 Å². The molecule has 0 fully saturated rings. The van der Waals surface area contributed by atoms with Crippen molar-refractivity contribution in [2.45, 2.75) is 13.1 Å². The normalized spacial score (nSPS) is 11.1. The summed E-state index contributed by atoms with van der Waals surface area (Å²) >= 11 is 0. The topological polar surface area (TPSA) is 71.9 Å². The molecule has 0 aliphatic carbocycles. The van der Waals surface area contributed by atoms with E-state index >= 15 is 0 Å². The monoisotopic (exact) mass is 383 g/mol. The van der Waals surface area contributed by atoms with E-state index in [0.29, 0.717) is 33.7 Å². The zero-order valence-corrected chi connectivity index (χ0v) is 15.1. The highest BCUT2D eigenvalue weighted by Crippen LogP contribution is 2.42. The van der Waals surface area contributed by atoms with Gasteiger partial charge in [0.25, 0.3) is 0 Å². The van der Waals surface area contributed by atoms with E-state index in [1.807, 2.05) is 6.07 Å². The lowest BCUT2D eigenvalue weighted by Gasteiger charge is -2.18. The maximum atomic E-state index is 12.9. The molecule has 0 radical (unpaired) electrons. The van der Waals surface area contributed by atoms with Gasteiger partial charge in [0.1, 0.15) is 23.2 Å². The molecule has 0 spiro atoms. The van der Waals surface area contributed by atoms with Crippen LogP contribution in [0.5, 0.6) is 5.75 Å². The average Bonchev–Trinajstić information content (AvgIpc) is 2.67. The minimum absolute atomic E-state index is 0.0218. The SMILES string of the molecule is COc1ccccc1-c1c(C)nc(N)c(C#N)c1-c1ccc(C(F)(F)F)cc1. The number of ether oxygens (including phenoxy) is 1. The number of hydrogen-bond acceptors (Lipinski definition) is 4. The van der Waals surface area contributed by atoms with E-state index in [1.54, 1.807) is 31.2 Å². The molecule has 1 heterocycles. The van der Waals surface area contributed by atoms with Gasteiger partial charge in [-0.1, -0.05) is 30.3 Å². The first-order valence-electron chi connectivity index (χ1n) is 8.29. The van der Waals surface area contributed by atoms with Crippen LogP contribution in [0.3, 0.4) is 0 Å². The minimum atomic E-state index is -4.45. The molecule has 0 saturated carbocycles. The molecule has 28 heavy (non-hydrogen) atoms. The van der Waals surface area contributed by atoms with Crippen molar-refractivity contribution in [3.8, 4) is 34.1 Å². The number of pyridine rings is 1. The van der Waals surface area contributed by atoms with Crippen molar-refractivity contribution in [3.63, 3.8) is 0 Å². The number of para-hydroxylation sites is 1. The predicted molar refractivity (Wildman–Crippen MR) is 101 cm³/mol. The largest absolute Gasteiger partial charge is 0.496 e. The van der Waals surface area contributed by atoms with Gasteiger partial charge >= 0.3 is 6.18 Å². The maximum absolute atomic E-state index is 12.9. The van der Waals surface area contributed by atoms with Gasteiger partial charge in [0.05, 0.1) is 12.7 Å². The molecule has 0 saturated heterocycles. The molecule has 2 aromatic carbocycles. The molecule has 2 N–H and O–H groups in total. The zero-order chi connectivity index (χ0) is 20.5. The smallest absolute Gasteiger partial charge is 0.416 e. The maximum Gasteiger partial charge on any atom is 0.416 e. The average molecular weight is 383 g/mol. The molecule has 3 rings (SSSR count). The van der Waals surface area contributed by atoms with Crippen LogP contribution < -0.4 is 10.5 Å². The summed E-state index contributed by atoms with van der Waals surface area (Å²) in [5.41, 5.74) is 7.92. The van der Waals surface area contributed by atoms with E-state index in [4.69, 9.17) is 10.5 Å². The molecular weight excluding hydrogens is 367 g/mol. The van der Waals surface area contributed by atoms with E-state index < -0.39 is 11.7 Å². The van der Waals surface area contributed by atoms with Crippen LogP contribution in [-0.2, 0) is 6.18 Å². The third-order valence-electron chi connectivity index (χ3n) is 4.40. The first-order valence-corrected chi connectivity index (χ1v) is 8.29. The number of nitrogens with two attached hydrogens (primary N) is 1. The van der Waals surface area contributed by atoms with Crippen molar-refractivity contribution in [2.24, 2.45) is 0 Å². The highest BCUT2D eigenvalue weighted by molar-refractivity contribution is 5.92. The molecule has 0 aliphatic rings. The van der Waals surface area contributed by atoms with Crippen LogP contribution in [0.15, 0.2) is 48.5 Å². The molecule has 7 heteroatoms. The quantitative estimate of drug-likeness (QED) is 0.674. The van der Waals surface area contributed by atoms with Crippen molar-refractivity contribution >= 4 is 5.82 Å². The summed E-state index contributed by atoms with van der Waals surface area (Å²) in [4.78, 5) is 4.26. The number of halogens is 3. The van der Waals surface area contributed by atoms with Gasteiger partial charge in [-0.3, -0.25) is 0 Å². The van der Waals surface area contributed by atoms with Gasteiger partial charge in [0, 0.05) is 22.4 Å². The fourth-order valence-electron chi connectivity index (χ4n) is 3.13. The molecule has 0 amide bonds. The van der Waals surface area contributed by atoms with E-state index in [2.05, 4.69) is 4.98 Å². The van der Waals surface area contributed by atoms with Crippen molar-refractivity contribution in [1.82, 2.24) is 4.98 Å². The van der Waals surface area contributed by atoms with Crippen LogP contribution in [0.25, 0.3) is 22.3 Å². The van der Waals surface area contributed by atoms with Crippen LogP contribution in [0.4, 0.5) is 19.0 Å². The summed E-state index contributed by atoms with van der Waals surface area (Å²) in [6, 6.07) is 13.8. The molecule has 1 aromatic heterocycles. The fraction of sp³-hybridized carbons (Fsp3) is 0.143. The highest BCUT2D eigenvalue weighted by atomic mass is 19.4. The summed E-state index contributed by atoms with van der Waals surface area (Å²) in [5.74, 6) is 0.572. The van der Waals surface area contributed by atoms with Gasteiger partial charge in [-0.05, 0) is 30.7 Å². The van der Waals surface area contributed by atoms with E-state index in [0.717, 1.165) is 12.1 Å². The first-order chi connectivity index (χ1) is 13.3. The lowest BCUT2D eigenvalue weighted by Crippen LogP contribution is -2.06. The third kappa shape index (κ3) is 3.37. The molecule has 3 aromatic rings. The van der Waals surface area contributed by atoms with E-state index in [1.165, 1.54) is 19.2 Å². The standard InChI is InChI=1S/C21H16F3N3O/c1-12-18(15-5-3-4-6-17(15)28-2)19(16(11-25)20(26)27-12)13-7-9-14(10-8-13)21(22,23)24/h3-10H,1-2H3,(H2,26,27). The number of nitrogen functional groups attached to an aromatic ring is 1. The number of rotatable bonds is 3. The van der Waals surface area contributed by atoms with Gasteiger partial charge in [-0.2, -0.15) is 18.4 Å². The van der Waals surface area contributed by atoms with Gasteiger partial charge in [-0.15, -0.1) is 0 Å². The Kier molecular flexibility index (Phi) is 4.97. The predicted octanol–water partition coefficient (Wildman–Crippen LogP) is 5.21. The van der Waals surface area contributed by atoms with Crippen molar-refractivity contribution in [2.75, 3.05) is 12.8 Å². The summed E-state index contributed by atoms with van der Waals surface area (Å²) in [6.45, 7) is 1.73. The Bertz CT molecular complexity index is 1070. The number of benzene rings is 2. The van der Waals surface area contributed by atoms with Gasteiger partial charge in [0.2, 0.25) is 0 Å². The van der Waals surface area contributed by atoms with Gasteiger partial charge in [-0.25, -0.2) is 4.98 Å². The van der Waals surface area contributed by atoms with Crippen molar-refractivity contribution in [1.29, 1.82) is 5.26 Å². The molecule has 0 atom stereocenters. The summed E-state index contributed by atoms with van der Waals surface area (Å²) in [6.07, 6.45) is -4.45. The number of hydrogen-bond donors (Lipinski definition) is 1. The number of anilines is 1. The summed E-state index contributed by atoms with van der Waals surface area (Å²) in [5, 5.41) is 9.65. The molecule has 0 unspecified atom stereocenters. The summed E-state index contributed by atoms with van der Waals surface area (Å²) < 4.78 is 44.2.